The minimum Gasteiger partial charge on any atom is -0.507 e. The molecule has 9 heteroatoms. The Morgan fingerprint density at radius 3 is 2.21 bits per heavy atom. The maximum Gasteiger partial charge on any atom is 0.412 e. The van der Waals surface area contributed by atoms with Crippen LogP contribution in [0.3, 0.4) is 0 Å². The third-order valence-corrected chi connectivity index (χ3v) is 5.87. The zero-order chi connectivity index (χ0) is 28.3. The molecule has 0 fully saturated rings. The fourth-order valence-corrected chi connectivity index (χ4v) is 3.79. The van der Waals surface area contributed by atoms with Gasteiger partial charge in [0.05, 0.1) is 51.8 Å². The third kappa shape index (κ3) is 12.7. The van der Waals surface area contributed by atoms with E-state index in [4.69, 9.17) is 28.4 Å². The Morgan fingerprint density at radius 2 is 1.56 bits per heavy atom. The molecule has 0 unspecified atom stereocenters. The second kappa shape index (κ2) is 19.2. The van der Waals surface area contributed by atoms with E-state index in [1.807, 2.05) is 37.3 Å². The number of carbonyl (C=O) groups excluding carboxylic acids is 1. The van der Waals surface area contributed by atoms with E-state index in [2.05, 4.69) is 6.92 Å². The maximum atomic E-state index is 12.4. The summed E-state index contributed by atoms with van der Waals surface area (Å²) in [5.74, 6) is 0.689. The van der Waals surface area contributed by atoms with Crippen molar-refractivity contribution in [2.24, 2.45) is 0 Å². The number of unbranched alkanes of at least 4 members (excludes halogenated alkanes) is 2. The number of rotatable bonds is 20. The second-order valence-electron chi connectivity index (χ2n) is 9.23. The molecule has 2 rings (SSSR count). The molecule has 1 N–H and O–H groups in total. The highest BCUT2D eigenvalue weighted by molar-refractivity contribution is 5.77. The normalized spacial score (nSPS) is 11.0. The van der Waals surface area contributed by atoms with Gasteiger partial charge in [0.15, 0.2) is 6.73 Å². The topological polar surface area (TPSA) is 95.9 Å². The first-order valence-electron chi connectivity index (χ1n) is 13.6. The summed E-state index contributed by atoms with van der Waals surface area (Å²) in [6.45, 7) is 7.44. The van der Waals surface area contributed by atoms with Crippen LogP contribution >= 0.6 is 0 Å². The van der Waals surface area contributed by atoms with Crippen molar-refractivity contribution in [3.8, 4) is 22.6 Å². The Balaban J connectivity index is 1.81. The number of ether oxygens (including phenoxy) is 6. The lowest BCUT2D eigenvalue weighted by atomic mass is 9.98. The molecule has 0 aliphatic heterocycles. The molecule has 1 amide bonds. The van der Waals surface area contributed by atoms with Crippen LogP contribution in [0.5, 0.6) is 11.5 Å². The Morgan fingerprint density at radius 1 is 0.897 bits per heavy atom. The summed E-state index contributed by atoms with van der Waals surface area (Å²) in [5.41, 5.74) is 3.54. The molecule has 0 bridgehead atoms. The number of nitrogens with zero attached hydrogens (tertiary/aromatic N) is 1. The molecule has 0 saturated heterocycles. The van der Waals surface area contributed by atoms with Gasteiger partial charge in [-0.15, -0.1) is 0 Å². The molecular weight excluding hydrogens is 502 g/mol. The monoisotopic (exact) mass is 547 g/mol. The summed E-state index contributed by atoms with van der Waals surface area (Å²) in [5, 5.41) is 10.9. The van der Waals surface area contributed by atoms with Crippen LogP contribution in [-0.2, 0) is 30.1 Å². The van der Waals surface area contributed by atoms with Crippen molar-refractivity contribution in [1.29, 1.82) is 0 Å². The van der Waals surface area contributed by atoms with E-state index in [0.717, 1.165) is 42.4 Å². The summed E-state index contributed by atoms with van der Waals surface area (Å²) in [4.78, 5) is 13.8. The molecule has 2 aromatic carbocycles. The van der Waals surface area contributed by atoms with Gasteiger partial charge in [-0.3, -0.25) is 4.90 Å². The fourth-order valence-electron chi connectivity index (χ4n) is 3.79. The number of hydrogen-bond donors (Lipinski definition) is 1. The Kier molecular flexibility index (Phi) is 16.0. The Labute approximate surface area is 232 Å². The lowest BCUT2D eigenvalue weighted by Gasteiger charge is -2.20. The molecule has 0 radical (unpaired) electrons. The first-order chi connectivity index (χ1) is 19.0. The summed E-state index contributed by atoms with van der Waals surface area (Å²) in [6, 6.07) is 11.6. The smallest absolute Gasteiger partial charge is 0.412 e. The Hall–Kier alpha value is -2.85. The average Bonchev–Trinajstić information content (AvgIpc) is 2.92. The minimum atomic E-state index is -0.525. The van der Waals surface area contributed by atoms with E-state index >= 15 is 0 Å². The van der Waals surface area contributed by atoms with Crippen LogP contribution in [0.15, 0.2) is 36.4 Å². The average molecular weight is 548 g/mol. The lowest BCUT2D eigenvalue weighted by molar-refractivity contribution is -0.00468. The molecule has 0 spiro atoms. The van der Waals surface area contributed by atoms with Crippen LogP contribution in [0.4, 0.5) is 4.79 Å². The summed E-state index contributed by atoms with van der Waals surface area (Å²) in [6.07, 6.45) is 3.59. The molecule has 0 saturated carbocycles. The van der Waals surface area contributed by atoms with Crippen molar-refractivity contribution < 1.29 is 38.3 Å². The van der Waals surface area contributed by atoms with Gasteiger partial charge in [0, 0.05) is 14.2 Å². The van der Waals surface area contributed by atoms with Crippen molar-refractivity contribution in [2.45, 2.75) is 39.5 Å². The highest BCUT2D eigenvalue weighted by Crippen LogP contribution is 2.39. The Bertz CT molecular complexity index is 968. The SMILES string of the molecule is CCCCCc1cc(O)c(-c2cccc(C)c2)c(OCN(C)C(=O)OCCOCCOCCOCCOC)c1. The van der Waals surface area contributed by atoms with Gasteiger partial charge in [0.25, 0.3) is 0 Å². The van der Waals surface area contributed by atoms with Gasteiger partial charge in [-0.25, -0.2) is 4.79 Å². The lowest BCUT2D eigenvalue weighted by Crippen LogP contribution is -2.32. The van der Waals surface area contributed by atoms with Crippen LogP contribution in [0.1, 0.15) is 37.3 Å². The number of methoxy groups -OCH3 is 1. The van der Waals surface area contributed by atoms with Crippen molar-refractivity contribution >= 4 is 6.09 Å². The zero-order valence-electron chi connectivity index (χ0n) is 23.9. The molecule has 2 aromatic rings. The van der Waals surface area contributed by atoms with Crippen LogP contribution in [0.25, 0.3) is 11.1 Å². The predicted octanol–water partition coefficient (Wildman–Crippen LogP) is 5.20. The van der Waals surface area contributed by atoms with Crippen LogP contribution in [0.2, 0.25) is 0 Å². The molecule has 0 aliphatic carbocycles. The number of aromatic hydroxyl groups is 1. The molecular formula is C30H45NO8. The van der Waals surface area contributed by atoms with Gasteiger partial charge in [0.1, 0.15) is 18.1 Å². The van der Waals surface area contributed by atoms with Crippen molar-refractivity contribution in [1.82, 2.24) is 4.90 Å². The third-order valence-electron chi connectivity index (χ3n) is 5.87. The van der Waals surface area contributed by atoms with Crippen molar-refractivity contribution in [3.05, 3.63) is 47.5 Å². The van der Waals surface area contributed by atoms with E-state index in [-0.39, 0.29) is 25.7 Å². The van der Waals surface area contributed by atoms with Gasteiger partial charge in [0.2, 0.25) is 0 Å². The molecule has 0 aromatic heterocycles. The number of benzene rings is 2. The summed E-state index contributed by atoms with van der Waals surface area (Å²) in [7, 11) is 3.23. The second-order valence-corrected chi connectivity index (χ2v) is 9.23. The quantitative estimate of drug-likeness (QED) is 0.179. The minimum absolute atomic E-state index is 0.0311. The first-order valence-corrected chi connectivity index (χ1v) is 13.6. The molecule has 9 nitrogen and oxygen atoms in total. The standard InChI is InChI=1S/C30H45NO8/c1-5-6-7-10-25-21-27(32)29(26-11-8-9-24(2)20-26)28(22-25)39-23-31(3)30(33)38-19-18-37-17-16-36-15-14-35-13-12-34-4/h8-9,11,20-22,32H,5-7,10,12-19,23H2,1-4H3. The number of amides is 1. The fraction of sp³-hybridized carbons (Fsp3) is 0.567. The molecule has 218 valence electrons. The van der Waals surface area contributed by atoms with Crippen LogP contribution in [-0.4, -0.2) is 89.8 Å². The van der Waals surface area contributed by atoms with Crippen LogP contribution in [0, 0.1) is 6.92 Å². The van der Waals surface area contributed by atoms with E-state index in [9.17, 15) is 9.90 Å². The van der Waals surface area contributed by atoms with E-state index in [1.165, 1.54) is 4.90 Å². The number of carbonyl (C=O) groups is 1. The number of phenolic OH excluding ortho intramolecular Hbond substituents is 1. The molecule has 0 heterocycles. The highest BCUT2D eigenvalue weighted by Gasteiger charge is 2.17. The molecule has 39 heavy (non-hydrogen) atoms. The summed E-state index contributed by atoms with van der Waals surface area (Å²) >= 11 is 0. The predicted molar refractivity (Wildman–Crippen MR) is 150 cm³/mol. The van der Waals surface area contributed by atoms with Crippen LogP contribution < -0.4 is 4.74 Å². The number of phenols is 1. The summed E-state index contributed by atoms with van der Waals surface area (Å²) < 4.78 is 32.4. The largest absolute Gasteiger partial charge is 0.507 e. The maximum absolute atomic E-state index is 12.4. The zero-order valence-corrected chi connectivity index (χ0v) is 23.9. The van der Waals surface area contributed by atoms with Gasteiger partial charge < -0.3 is 33.5 Å². The van der Waals surface area contributed by atoms with Crippen molar-refractivity contribution in [3.63, 3.8) is 0 Å². The number of hydrogen-bond acceptors (Lipinski definition) is 8. The molecule has 0 aliphatic rings. The first kappa shape index (κ1) is 32.4. The van der Waals surface area contributed by atoms with E-state index in [1.54, 1.807) is 20.2 Å². The van der Waals surface area contributed by atoms with Gasteiger partial charge in [-0.2, -0.15) is 0 Å². The van der Waals surface area contributed by atoms with Crippen molar-refractivity contribution in [2.75, 3.05) is 73.7 Å². The molecule has 0 atom stereocenters. The van der Waals surface area contributed by atoms with Gasteiger partial charge in [-0.05, 0) is 43.0 Å². The number of aryl methyl sites for hydroxylation is 2. The van der Waals surface area contributed by atoms with E-state index in [0.29, 0.717) is 51.0 Å². The van der Waals surface area contributed by atoms with Gasteiger partial charge >= 0.3 is 6.09 Å². The van der Waals surface area contributed by atoms with Gasteiger partial charge in [-0.1, -0.05) is 49.6 Å². The van der Waals surface area contributed by atoms with E-state index < -0.39 is 6.09 Å². The highest BCUT2D eigenvalue weighted by atomic mass is 16.6.